The molecule has 3 rings (SSSR count). The van der Waals surface area contributed by atoms with E-state index in [1.807, 2.05) is 0 Å². The first-order valence-corrected chi connectivity index (χ1v) is 9.25. The van der Waals surface area contributed by atoms with E-state index in [4.69, 9.17) is 9.15 Å². The molecule has 0 saturated carbocycles. The van der Waals surface area contributed by atoms with Crippen molar-refractivity contribution < 1.29 is 18.7 Å². The summed E-state index contributed by atoms with van der Waals surface area (Å²) in [5.41, 5.74) is -0.331. The number of esters is 1. The smallest absolute Gasteiger partial charge is 0.342 e. The number of piperidine rings is 1. The zero-order chi connectivity index (χ0) is 19.7. The molecule has 1 saturated heterocycles. The van der Waals surface area contributed by atoms with E-state index in [0.29, 0.717) is 24.9 Å². The number of hydrogen-bond donors (Lipinski definition) is 0. The predicted octanol–water partition coefficient (Wildman–Crippen LogP) is 1.98. The van der Waals surface area contributed by atoms with Crippen LogP contribution in [0.5, 0.6) is 0 Å². The summed E-state index contributed by atoms with van der Waals surface area (Å²) >= 11 is 0. The van der Waals surface area contributed by atoms with Gasteiger partial charge in [-0.05, 0) is 32.1 Å². The first-order chi connectivity index (χ1) is 12.8. The summed E-state index contributed by atoms with van der Waals surface area (Å²) in [5.74, 6) is 0.379. The maximum Gasteiger partial charge on any atom is 0.342 e. The van der Waals surface area contributed by atoms with E-state index in [1.54, 1.807) is 18.7 Å². The highest BCUT2D eigenvalue weighted by molar-refractivity contribution is 6.03. The van der Waals surface area contributed by atoms with Crippen LogP contribution in [-0.4, -0.2) is 46.0 Å². The van der Waals surface area contributed by atoms with Crippen molar-refractivity contribution in [1.82, 2.24) is 14.5 Å². The molecule has 0 aliphatic carbocycles. The molecule has 0 bridgehead atoms. The van der Waals surface area contributed by atoms with Crippen molar-refractivity contribution >= 4 is 23.0 Å². The number of carbonyl (C=O) groups is 2. The Labute approximate surface area is 157 Å². The summed E-state index contributed by atoms with van der Waals surface area (Å²) < 4.78 is 11.7. The molecule has 0 unspecified atom stereocenters. The summed E-state index contributed by atoms with van der Waals surface area (Å²) in [6.45, 7) is 8.95. The highest BCUT2D eigenvalue weighted by atomic mass is 16.5. The van der Waals surface area contributed by atoms with Gasteiger partial charge in [-0.25, -0.2) is 9.78 Å². The minimum Gasteiger partial charge on any atom is -0.462 e. The van der Waals surface area contributed by atoms with E-state index >= 15 is 0 Å². The lowest BCUT2D eigenvalue weighted by Crippen LogP contribution is -2.44. The van der Waals surface area contributed by atoms with Crippen molar-refractivity contribution in [3.63, 3.8) is 0 Å². The second kappa shape index (κ2) is 7.54. The highest BCUT2D eigenvalue weighted by Crippen LogP contribution is 2.23. The number of aromatic nitrogens is 2. The third-order valence-corrected chi connectivity index (χ3v) is 4.86. The Bertz CT molecular complexity index is 919. The Kier molecular flexibility index (Phi) is 5.34. The van der Waals surface area contributed by atoms with Gasteiger partial charge >= 0.3 is 5.97 Å². The third-order valence-electron chi connectivity index (χ3n) is 4.86. The first-order valence-electron chi connectivity index (χ1n) is 9.25. The largest absolute Gasteiger partial charge is 0.462 e. The minimum atomic E-state index is -0.629. The van der Waals surface area contributed by atoms with Crippen LogP contribution in [0.2, 0.25) is 0 Å². The van der Waals surface area contributed by atoms with Crippen LogP contribution in [0.4, 0.5) is 0 Å². The van der Waals surface area contributed by atoms with Crippen LogP contribution < -0.4 is 5.56 Å². The lowest BCUT2D eigenvalue weighted by molar-refractivity contribution is -0.134. The van der Waals surface area contributed by atoms with Crippen molar-refractivity contribution in [2.45, 2.75) is 40.7 Å². The predicted molar refractivity (Wildman–Crippen MR) is 98.5 cm³/mol. The first kappa shape index (κ1) is 19.1. The van der Waals surface area contributed by atoms with Crippen LogP contribution in [-0.2, 0) is 16.1 Å². The molecule has 1 aliphatic heterocycles. The summed E-state index contributed by atoms with van der Waals surface area (Å²) in [5, 5.41) is 0.0571. The van der Waals surface area contributed by atoms with Crippen molar-refractivity contribution in [3.05, 3.63) is 28.0 Å². The van der Waals surface area contributed by atoms with Gasteiger partial charge in [0.1, 0.15) is 29.6 Å². The van der Waals surface area contributed by atoms with E-state index in [1.165, 1.54) is 10.9 Å². The average Bonchev–Trinajstić information content (AvgIpc) is 2.93. The highest BCUT2D eigenvalue weighted by Gasteiger charge is 2.27. The molecule has 1 aliphatic rings. The number of amides is 1. The second-order valence-electron chi connectivity index (χ2n) is 7.36. The molecule has 0 N–H and O–H groups in total. The van der Waals surface area contributed by atoms with Gasteiger partial charge in [0.2, 0.25) is 11.6 Å². The molecule has 2 aromatic rings. The standard InChI is InChI=1S/C19H25N3O5/c1-5-26-19(25)15-13(4)27-17-16(15)18(24)22(10-20-17)9-14(23)21-7-11(2)6-12(3)8-21/h10-12H,5-9H2,1-4H3/t11-,12+. The molecule has 0 radical (unpaired) electrons. The number of rotatable bonds is 4. The van der Waals surface area contributed by atoms with Crippen molar-refractivity contribution in [1.29, 1.82) is 0 Å². The molecule has 3 heterocycles. The molecule has 2 aromatic heterocycles. The van der Waals surface area contributed by atoms with Gasteiger partial charge in [0.15, 0.2) is 0 Å². The summed E-state index contributed by atoms with van der Waals surface area (Å²) in [4.78, 5) is 43.7. The lowest BCUT2D eigenvalue weighted by atomic mass is 9.92. The van der Waals surface area contributed by atoms with Crippen LogP contribution >= 0.6 is 0 Å². The number of furan rings is 1. The summed E-state index contributed by atoms with van der Waals surface area (Å²) in [7, 11) is 0. The molecule has 27 heavy (non-hydrogen) atoms. The van der Waals surface area contributed by atoms with Gasteiger partial charge in [0.05, 0.1) is 6.61 Å². The number of fused-ring (bicyclic) bond motifs is 1. The van der Waals surface area contributed by atoms with Gasteiger partial charge in [0.25, 0.3) is 5.56 Å². The molecular weight excluding hydrogens is 350 g/mol. The average molecular weight is 375 g/mol. The maximum absolute atomic E-state index is 12.9. The van der Waals surface area contributed by atoms with Crippen LogP contribution in [0.25, 0.3) is 11.1 Å². The Morgan fingerprint density at radius 2 is 1.96 bits per heavy atom. The Hall–Kier alpha value is -2.64. The van der Waals surface area contributed by atoms with Gasteiger partial charge in [0, 0.05) is 13.1 Å². The molecule has 1 fully saturated rings. The van der Waals surface area contributed by atoms with E-state index in [9.17, 15) is 14.4 Å². The number of likely N-dealkylation sites (tertiary alicyclic amines) is 1. The number of nitrogens with zero attached hydrogens (tertiary/aromatic N) is 3. The van der Waals surface area contributed by atoms with Gasteiger partial charge in [-0.15, -0.1) is 0 Å². The second-order valence-corrected chi connectivity index (χ2v) is 7.36. The van der Waals surface area contributed by atoms with Gasteiger partial charge < -0.3 is 14.1 Å². The van der Waals surface area contributed by atoms with Crippen molar-refractivity contribution in [2.75, 3.05) is 19.7 Å². The van der Waals surface area contributed by atoms with E-state index in [0.717, 1.165) is 6.42 Å². The topological polar surface area (TPSA) is 94.6 Å². The molecule has 2 atom stereocenters. The van der Waals surface area contributed by atoms with E-state index in [-0.39, 0.29) is 41.5 Å². The normalized spacial score (nSPS) is 20.1. The summed E-state index contributed by atoms with van der Waals surface area (Å²) in [6.07, 6.45) is 2.38. The van der Waals surface area contributed by atoms with E-state index < -0.39 is 11.5 Å². The van der Waals surface area contributed by atoms with Crippen LogP contribution in [0.1, 0.15) is 43.3 Å². The summed E-state index contributed by atoms with van der Waals surface area (Å²) in [6, 6.07) is 0. The van der Waals surface area contributed by atoms with Gasteiger partial charge in [-0.3, -0.25) is 14.2 Å². The fourth-order valence-electron chi connectivity index (χ4n) is 3.81. The molecule has 0 spiro atoms. The number of carbonyl (C=O) groups excluding carboxylic acids is 2. The minimum absolute atomic E-state index is 0.0571. The molecule has 146 valence electrons. The van der Waals surface area contributed by atoms with Crippen LogP contribution in [0.15, 0.2) is 15.5 Å². The quantitative estimate of drug-likeness (QED) is 0.759. The van der Waals surface area contributed by atoms with Crippen LogP contribution in [0.3, 0.4) is 0 Å². The number of ether oxygens (including phenoxy) is 1. The van der Waals surface area contributed by atoms with Crippen molar-refractivity contribution in [2.24, 2.45) is 11.8 Å². The monoisotopic (exact) mass is 375 g/mol. The fourth-order valence-corrected chi connectivity index (χ4v) is 3.81. The van der Waals surface area contributed by atoms with Crippen LogP contribution in [0, 0.1) is 18.8 Å². The van der Waals surface area contributed by atoms with Crippen molar-refractivity contribution in [3.8, 4) is 0 Å². The maximum atomic E-state index is 12.9. The fraction of sp³-hybridized carbons (Fsp3) is 0.579. The molecule has 1 amide bonds. The number of hydrogen-bond acceptors (Lipinski definition) is 6. The van der Waals surface area contributed by atoms with E-state index in [2.05, 4.69) is 18.8 Å². The lowest BCUT2D eigenvalue weighted by Gasteiger charge is -2.35. The third kappa shape index (κ3) is 3.74. The molecule has 0 aromatic carbocycles. The Balaban J connectivity index is 1.93. The molecule has 8 heteroatoms. The zero-order valence-corrected chi connectivity index (χ0v) is 16.2. The van der Waals surface area contributed by atoms with Gasteiger partial charge in [-0.2, -0.15) is 0 Å². The molecule has 8 nitrogen and oxygen atoms in total. The van der Waals surface area contributed by atoms with Gasteiger partial charge in [-0.1, -0.05) is 13.8 Å². The molecular formula is C19H25N3O5. The number of aryl methyl sites for hydroxylation is 1. The SMILES string of the molecule is CCOC(=O)c1c(C)oc2ncn(CC(=O)N3C[C@H](C)C[C@H](C)C3)c(=O)c12. The Morgan fingerprint density at radius 1 is 1.30 bits per heavy atom. The Morgan fingerprint density at radius 3 is 2.59 bits per heavy atom. The zero-order valence-electron chi connectivity index (χ0n) is 16.2.